The number of aromatic hydroxyl groups is 1. The first-order valence-corrected chi connectivity index (χ1v) is 9.17. The summed E-state index contributed by atoms with van der Waals surface area (Å²) in [6.45, 7) is 8.12. The number of benzene rings is 2. The maximum atomic E-state index is 11.9. The highest BCUT2D eigenvalue weighted by molar-refractivity contribution is 5.92. The molecule has 0 saturated carbocycles. The van der Waals surface area contributed by atoms with E-state index in [1.807, 2.05) is 24.3 Å². The monoisotopic (exact) mass is 376 g/mol. The molecule has 0 atom stereocenters. The lowest BCUT2D eigenvalue weighted by atomic mass is 9.86. The molecule has 28 heavy (non-hydrogen) atoms. The lowest BCUT2D eigenvalue weighted by Gasteiger charge is -2.19. The summed E-state index contributed by atoms with van der Waals surface area (Å²) < 4.78 is 1.43. The van der Waals surface area contributed by atoms with E-state index in [1.54, 1.807) is 0 Å². The zero-order valence-electron chi connectivity index (χ0n) is 16.6. The molecule has 1 heterocycles. The number of nitrogens with zero attached hydrogens (tertiary/aromatic N) is 2. The molecule has 1 N–H and O–H groups in total. The van der Waals surface area contributed by atoms with Gasteiger partial charge in [-0.15, -0.1) is 0 Å². The average Bonchev–Trinajstić information content (AvgIpc) is 2.64. The van der Waals surface area contributed by atoms with Gasteiger partial charge in [-0.1, -0.05) is 69.3 Å². The van der Waals surface area contributed by atoms with E-state index in [4.69, 9.17) is 0 Å². The van der Waals surface area contributed by atoms with Crippen LogP contribution in [-0.2, 0) is 12.0 Å². The highest BCUT2D eigenvalue weighted by Crippen LogP contribution is 2.28. The topological polar surface area (TPSA) is 72.2 Å². The van der Waals surface area contributed by atoms with Crippen LogP contribution in [-0.4, -0.2) is 20.7 Å². The SMILES string of the molecule is CC(=O)c1nn(Cc2ccccc2-c2ccc(C(C)(C)C)cc2)cc(O)c1=O. The van der Waals surface area contributed by atoms with Gasteiger partial charge >= 0.3 is 0 Å². The first-order valence-electron chi connectivity index (χ1n) is 9.17. The minimum absolute atomic E-state index is 0.0819. The summed E-state index contributed by atoms with van der Waals surface area (Å²) in [6.07, 6.45) is 1.26. The van der Waals surface area contributed by atoms with Crippen LogP contribution in [0.2, 0.25) is 0 Å². The minimum atomic E-state index is -0.741. The van der Waals surface area contributed by atoms with Gasteiger partial charge in [0, 0.05) is 6.92 Å². The molecular weight excluding hydrogens is 352 g/mol. The van der Waals surface area contributed by atoms with Crippen LogP contribution in [0.5, 0.6) is 5.75 Å². The van der Waals surface area contributed by atoms with Gasteiger partial charge in [0.1, 0.15) is 0 Å². The van der Waals surface area contributed by atoms with Crippen LogP contribution in [0.25, 0.3) is 11.1 Å². The summed E-state index contributed by atoms with van der Waals surface area (Å²) in [6, 6.07) is 16.3. The van der Waals surface area contributed by atoms with Crippen LogP contribution < -0.4 is 5.43 Å². The van der Waals surface area contributed by atoms with Crippen molar-refractivity contribution in [3.8, 4) is 16.9 Å². The van der Waals surface area contributed by atoms with E-state index in [0.29, 0.717) is 6.54 Å². The Balaban J connectivity index is 2.00. The Morgan fingerprint density at radius 2 is 1.71 bits per heavy atom. The van der Waals surface area contributed by atoms with Crippen molar-refractivity contribution in [3.05, 3.63) is 81.8 Å². The fourth-order valence-corrected chi connectivity index (χ4v) is 3.10. The standard InChI is InChI=1S/C23H24N2O3/c1-15(26)21-22(28)20(27)14-25(24-21)13-17-7-5-6-8-19(17)16-9-11-18(12-10-16)23(2,3)4/h5-12,14,27H,13H2,1-4H3. The number of carbonyl (C=O) groups is 1. The molecule has 1 aromatic heterocycles. The Bertz CT molecular complexity index is 1070. The number of carbonyl (C=O) groups excluding carboxylic acids is 1. The van der Waals surface area contributed by atoms with Gasteiger partial charge in [0.25, 0.3) is 5.43 Å². The number of ketones is 1. The van der Waals surface area contributed by atoms with Crippen LogP contribution in [0.4, 0.5) is 0 Å². The highest BCUT2D eigenvalue weighted by atomic mass is 16.3. The Labute approximate surface area is 164 Å². The minimum Gasteiger partial charge on any atom is -0.503 e. The molecule has 0 aliphatic heterocycles. The van der Waals surface area contributed by atoms with Crippen molar-refractivity contribution in [1.82, 2.24) is 9.78 Å². The second-order valence-corrected chi connectivity index (χ2v) is 7.93. The predicted octanol–water partition coefficient (Wildman–Crippen LogP) is 4.16. The lowest BCUT2D eigenvalue weighted by molar-refractivity contribution is 0.100. The van der Waals surface area contributed by atoms with Crippen molar-refractivity contribution < 1.29 is 9.90 Å². The van der Waals surface area contributed by atoms with Crippen LogP contribution in [0.15, 0.2) is 59.5 Å². The van der Waals surface area contributed by atoms with E-state index < -0.39 is 17.0 Å². The van der Waals surface area contributed by atoms with Crippen LogP contribution in [0.1, 0.15) is 49.3 Å². The molecule has 0 spiro atoms. The number of Topliss-reactive ketones (excluding diaryl/α,β-unsaturated/α-hetero) is 1. The third-order valence-corrected chi connectivity index (χ3v) is 4.69. The Morgan fingerprint density at radius 3 is 2.32 bits per heavy atom. The normalized spacial score (nSPS) is 11.4. The smallest absolute Gasteiger partial charge is 0.252 e. The molecule has 5 heteroatoms. The molecule has 0 amide bonds. The Morgan fingerprint density at radius 1 is 1.07 bits per heavy atom. The van der Waals surface area contributed by atoms with E-state index in [-0.39, 0.29) is 11.1 Å². The molecule has 5 nitrogen and oxygen atoms in total. The number of hydrogen-bond acceptors (Lipinski definition) is 4. The fraction of sp³-hybridized carbons (Fsp3) is 0.261. The third-order valence-electron chi connectivity index (χ3n) is 4.69. The summed E-state index contributed by atoms with van der Waals surface area (Å²) in [7, 11) is 0. The van der Waals surface area contributed by atoms with Gasteiger partial charge in [0.2, 0.25) is 0 Å². The van der Waals surface area contributed by atoms with Gasteiger partial charge in [-0.25, -0.2) is 0 Å². The first kappa shape index (κ1) is 19.5. The van der Waals surface area contributed by atoms with Crippen molar-refractivity contribution in [1.29, 1.82) is 0 Å². The van der Waals surface area contributed by atoms with Gasteiger partial charge in [-0.3, -0.25) is 14.3 Å². The molecule has 0 aliphatic carbocycles. The molecule has 0 unspecified atom stereocenters. The van der Waals surface area contributed by atoms with Gasteiger partial charge < -0.3 is 5.11 Å². The lowest BCUT2D eigenvalue weighted by Crippen LogP contribution is -2.21. The van der Waals surface area contributed by atoms with Crippen molar-refractivity contribution in [3.63, 3.8) is 0 Å². The van der Waals surface area contributed by atoms with Gasteiger partial charge in [-0.2, -0.15) is 5.10 Å². The van der Waals surface area contributed by atoms with Crippen LogP contribution in [0, 0.1) is 0 Å². The Kier molecular flexibility index (Phi) is 5.18. The maximum absolute atomic E-state index is 11.9. The summed E-state index contributed by atoms with van der Waals surface area (Å²) >= 11 is 0. The van der Waals surface area contributed by atoms with Crippen LogP contribution in [0.3, 0.4) is 0 Å². The van der Waals surface area contributed by atoms with E-state index >= 15 is 0 Å². The molecular formula is C23H24N2O3. The second kappa shape index (κ2) is 7.43. The third kappa shape index (κ3) is 4.03. The van der Waals surface area contributed by atoms with Crippen molar-refractivity contribution in [2.75, 3.05) is 0 Å². The van der Waals surface area contributed by atoms with Gasteiger partial charge in [0.15, 0.2) is 17.2 Å². The number of hydrogen-bond donors (Lipinski definition) is 1. The highest BCUT2D eigenvalue weighted by Gasteiger charge is 2.15. The number of rotatable bonds is 4. The fourth-order valence-electron chi connectivity index (χ4n) is 3.10. The van der Waals surface area contributed by atoms with Crippen molar-refractivity contribution >= 4 is 5.78 Å². The zero-order chi connectivity index (χ0) is 20.5. The molecule has 0 bridgehead atoms. The Hall–Kier alpha value is -3.21. The largest absolute Gasteiger partial charge is 0.503 e. The zero-order valence-corrected chi connectivity index (χ0v) is 16.6. The van der Waals surface area contributed by atoms with E-state index in [1.165, 1.54) is 23.4 Å². The second-order valence-electron chi connectivity index (χ2n) is 7.93. The average molecular weight is 376 g/mol. The molecule has 0 saturated heterocycles. The summed E-state index contributed by atoms with van der Waals surface area (Å²) in [5.74, 6) is -0.951. The summed E-state index contributed by atoms with van der Waals surface area (Å²) in [5.41, 5.74) is 3.41. The molecule has 0 fully saturated rings. The molecule has 144 valence electrons. The molecule has 0 radical (unpaired) electrons. The predicted molar refractivity (Wildman–Crippen MR) is 110 cm³/mol. The summed E-state index contributed by atoms with van der Waals surface area (Å²) in [5, 5.41) is 14.0. The van der Waals surface area contributed by atoms with E-state index in [9.17, 15) is 14.7 Å². The first-order chi connectivity index (χ1) is 13.2. The van der Waals surface area contributed by atoms with Crippen molar-refractivity contribution in [2.24, 2.45) is 0 Å². The van der Waals surface area contributed by atoms with Crippen molar-refractivity contribution in [2.45, 2.75) is 39.7 Å². The summed E-state index contributed by atoms with van der Waals surface area (Å²) in [4.78, 5) is 23.5. The molecule has 3 aromatic rings. The van der Waals surface area contributed by atoms with E-state index in [0.717, 1.165) is 16.7 Å². The molecule has 2 aromatic carbocycles. The molecule has 0 aliphatic rings. The van der Waals surface area contributed by atoms with E-state index in [2.05, 4.69) is 50.1 Å². The molecule has 3 rings (SSSR count). The van der Waals surface area contributed by atoms with Crippen LogP contribution >= 0.6 is 0 Å². The quantitative estimate of drug-likeness (QED) is 0.694. The van der Waals surface area contributed by atoms with Gasteiger partial charge in [-0.05, 0) is 27.7 Å². The maximum Gasteiger partial charge on any atom is 0.252 e. The number of aromatic nitrogens is 2. The van der Waals surface area contributed by atoms with Gasteiger partial charge in [0.05, 0.1) is 12.7 Å².